The van der Waals surface area contributed by atoms with Crippen molar-refractivity contribution in [2.24, 2.45) is 0 Å². The summed E-state index contributed by atoms with van der Waals surface area (Å²) in [4.78, 5) is 9.85. The van der Waals surface area contributed by atoms with Crippen LogP contribution in [0.4, 0.5) is 0 Å². The van der Waals surface area contributed by atoms with Gasteiger partial charge < -0.3 is 5.11 Å². The highest BCUT2D eigenvalue weighted by Gasteiger charge is 1.80. The molecular weight excluding hydrogens is 68.0 g/mol. The fraction of sp³-hybridized carbons (Fsp3) is 0.667. The van der Waals surface area contributed by atoms with Crippen molar-refractivity contribution in [2.75, 3.05) is 0 Å². The van der Waals surface area contributed by atoms with Crippen molar-refractivity contribution in [1.82, 2.24) is 0 Å². The lowest BCUT2D eigenvalue weighted by Gasteiger charge is -1.71. The maximum atomic E-state index is 9.85. The van der Waals surface area contributed by atoms with Gasteiger partial charge in [-0.1, -0.05) is 6.88 Å². The summed E-state index contributed by atoms with van der Waals surface area (Å²) in [6.07, 6.45) is -2.75. The van der Waals surface area contributed by atoms with E-state index in [0.717, 1.165) is 0 Å². The van der Waals surface area contributed by atoms with E-state index in [1.165, 1.54) is 0 Å². The summed E-state index contributed by atoms with van der Waals surface area (Å²) >= 11 is 0. The number of aliphatic carboxylic acids is 1. The fourth-order valence-corrected chi connectivity index (χ4v) is 0. The Morgan fingerprint density at radius 3 is 3.20 bits per heavy atom. The van der Waals surface area contributed by atoms with E-state index in [0.29, 0.717) is 0 Å². The second-order valence-corrected chi connectivity index (χ2v) is 0.449. The molecule has 0 radical (unpaired) electrons. The molecular formula is C3H6O2. The molecule has 0 amide bonds. The molecule has 2 heteroatoms. The van der Waals surface area contributed by atoms with Gasteiger partial charge in [-0.15, -0.1) is 0 Å². The van der Waals surface area contributed by atoms with E-state index in [4.69, 9.17) is 10.6 Å². The van der Waals surface area contributed by atoms with Crippen LogP contribution in [0.15, 0.2) is 0 Å². The second kappa shape index (κ2) is 1.76. The topological polar surface area (TPSA) is 37.3 Å². The molecule has 0 aromatic carbocycles. The van der Waals surface area contributed by atoms with Crippen molar-refractivity contribution in [3.05, 3.63) is 0 Å². The molecule has 0 saturated carbocycles. The Hall–Kier alpha value is -0.530. The maximum absolute atomic E-state index is 9.85. The Labute approximate surface area is 36.0 Å². The molecule has 1 N–H and O–H groups in total. The minimum Gasteiger partial charge on any atom is -0.481 e. The molecule has 5 heavy (non-hydrogen) atoms. The van der Waals surface area contributed by atoms with Crippen LogP contribution in [-0.2, 0) is 4.79 Å². The molecule has 0 rings (SSSR count). The van der Waals surface area contributed by atoms with Crippen molar-refractivity contribution in [3.63, 3.8) is 0 Å². The fourth-order valence-electron chi connectivity index (χ4n) is 0. The summed E-state index contributed by atoms with van der Waals surface area (Å²) in [6.45, 7) is -1.98. The molecule has 0 aliphatic rings. The predicted octanol–water partition coefficient (Wildman–Crippen LogP) is 0.481. The first kappa shape index (κ1) is 0.965. The van der Waals surface area contributed by atoms with Gasteiger partial charge in [0.05, 0.1) is 0 Å². The smallest absolute Gasteiger partial charge is 0.303 e. The Kier molecular flexibility index (Phi) is 0.339. The minimum absolute atomic E-state index is 1.77. The number of hydrogen-bond acceptors (Lipinski definition) is 1. The molecule has 0 heterocycles. The average Bonchev–Trinajstić information content (AvgIpc) is 1.65. The molecule has 0 atom stereocenters. The third-order valence-electron chi connectivity index (χ3n) is 0.123. The molecule has 0 aromatic rings. The zero-order chi connectivity index (χ0) is 7.65. The van der Waals surface area contributed by atoms with Crippen LogP contribution in [0.2, 0.25) is 0 Å². The molecule has 0 saturated heterocycles. The monoisotopic (exact) mass is 78.1 g/mol. The van der Waals surface area contributed by atoms with Crippen LogP contribution in [0.3, 0.4) is 0 Å². The average molecular weight is 78.1 g/mol. The van der Waals surface area contributed by atoms with E-state index in [2.05, 4.69) is 0 Å². The van der Waals surface area contributed by atoms with E-state index in [1.807, 2.05) is 0 Å². The van der Waals surface area contributed by atoms with Crippen molar-refractivity contribution in [1.29, 1.82) is 0 Å². The normalized spacial score (nSPS) is 22.6. The zero-order valence-corrected chi connectivity index (χ0v) is 2.43. The summed E-state index contributed by atoms with van der Waals surface area (Å²) in [5, 5.41) is 8.00. The molecule has 0 bridgehead atoms. The Bertz CT molecular complexity index is 121. The second-order valence-electron chi connectivity index (χ2n) is 0.449. The van der Waals surface area contributed by atoms with E-state index in [-0.39, 0.29) is 0 Å². The van der Waals surface area contributed by atoms with E-state index >= 15 is 0 Å². The third kappa shape index (κ3) is 3.47. The summed E-state index contributed by atoms with van der Waals surface area (Å²) < 4.78 is 25.9. The lowest BCUT2D eigenvalue weighted by molar-refractivity contribution is -0.136. The largest absolute Gasteiger partial charge is 0.481 e. The van der Waals surface area contributed by atoms with Gasteiger partial charge in [0.1, 0.15) is 0 Å². The van der Waals surface area contributed by atoms with E-state index in [1.54, 1.807) is 0 Å². The molecule has 2 nitrogen and oxygen atoms in total. The first-order valence-electron chi connectivity index (χ1n) is 3.12. The van der Waals surface area contributed by atoms with Gasteiger partial charge >= 0.3 is 5.97 Å². The molecule has 0 unspecified atom stereocenters. The molecule has 30 valence electrons. The number of rotatable bonds is 1. The SMILES string of the molecule is [2H]C([2H])C([2H])([2H])C(=O)O. The first-order chi connectivity index (χ1) is 3.89. The van der Waals surface area contributed by atoms with Gasteiger partial charge in [-0.25, -0.2) is 0 Å². The molecule has 0 aliphatic heterocycles. The molecule has 0 spiro atoms. The van der Waals surface area contributed by atoms with Crippen LogP contribution in [0.1, 0.15) is 18.7 Å². The first-order valence-corrected chi connectivity index (χ1v) is 0.966. The Morgan fingerprint density at radius 1 is 2.60 bits per heavy atom. The quantitative estimate of drug-likeness (QED) is 0.495. The summed E-state index contributed by atoms with van der Waals surface area (Å²) in [6, 6.07) is 0. The van der Waals surface area contributed by atoms with Crippen LogP contribution in [0, 0.1) is 0 Å². The van der Waals surface area contributed by atoms with Crippen LogP contribution in [0.5, 0.6) is 0 Å². The van der Waals surface area contributed by atoms with Gasteiger partial charge in [0.25, 0.3) is 0 Å². The predicted molar refractivity (Wildman–Crippen MR) is 17.9 cm³/mol. The van der Waals surface area contributed by atoms with E-state index < -0.39 is 19.2 Å². The van der Waals surface area contributed by atoms with Crippen LogP contribution in [0.25, 0.3) is 0 Å². The van der Waals surface area contributed by atoms with Gasteiger partial charge in [0.15, 0.2) is 0 Å². The Balaban J connectivity index is 4.19. The number of carboxylic acids is 1. The number of carboxylic acid groups (broad SMARTS) is 1. The lowest BCUT2D eigenvalue weighted by Crippen LogP contribution is -1.86. The minimum atomic E-state index is -2.75. The summed E-state index contributed by atoms with van der Waals surface area (Å²) in [5.41, 5.74) is 0. The van der Waals surface area contributed by atoms with Crippen LogP contribution < -0.4 is 0 Å². The highest BCUT2D eigenvalue weighted by atomic mass is 16.4. The van der Waals surface area contributed by atoms with Gasteiger partial charge in [-0.3, -0.25) is 4.79 Å². The molecule has 0 aromatic heterocycles. The maximum Gasteiger partial charge on any atom is 0.303 e. The van der Waals surface area contributed by atoms with Crippen LogP contribution in [-0.4, -0.2) is 11.1 Å². The van der Waals surface area contributed by atoms with Crippen molar-refractivity contribution >= 4 is 5.97 Å². The van der Waals surface area contributed by atoms with Crippen molar-refractivity contribution in [2.45, 2.75) is 13.2 Å². The van der Waals surface area contributed by atoms with Gasteiger partial charge in [0.2, 0.25) is 0 Å². The zero-order valence-electron chi connectivity index (χ0n) is 6.43. The number of carbonyl (C=O) groups is 1. The molecule has 0 fully saturated rings. The molecule has 0 aliphatic carbocycles. The Morgan fingerprint density at radius 2 is 3.20 bits per heavy atom. The van der Waals surface area contributed by atoms with Crippen LogP contribution >= 0.6 is 0 Å². The standard InChI is InChI=1S/C3H6O2/c1-2-3(4)5/h2H2,1H3,(H,4,5)/i1D2,2D2. The highest BCUT2D eigenvalue weighted by molar-refractivity contribution is 5.66. The van der Waals surface area contributed by atoms with Gasteiger partial charge in [0, 0.05) is 11.9 Å². The van der Waals surface area contributed by atoms with E-state index in [9.17, 15) is 4.79 Å². The third-order valence-corrected chi connectivity index (χ3v) is 0.123. The van der Waals surface area contributed by atoms with Gasteiger partial charge in [-0.2, -0.15) is 0 Å². The lowest BCUT2D eigenvalue weighted by atomic mass is 10.5. The highest BCUT2D eigenvalue weighted by Crippen LogP contribution is 1.67. The summed E-state index contributed by atoms with van der Waals surface area (Å²) in [5.74, 6) is -1.77. The van der Waals surface area contributed by atoms with Crippen molar-refractivity contribution < 1.29 is 15.4 Å². The van der Waals surface area contributed by atoms with Crippen molar-refractivity contribution in [3.8, 4) is 0 Å². The van der Waals surface area contributed by atoms with Gasteiger partial charge in [-0.05, 0) is 0 Å². The summed E-state index contributed by atoms with van der Waals surface area (Å²) in [7, 11) is 0. The number of hydrogen-bond donors (Lipinski definition) is 1.